The van der Waals surface area contributed by atoms with Gasteiger partial charge in [0, 0.05) is 12.8 Å². The molecule has 3 unspecified atom stereocenters. The molecule has 0 saturated heterocycles. The Morgan fingerprint density at radius 3 is 1.76 bits per heavy atom. The first kappa shape index (κ1) is 40.7. The molecule has 0 aliphatic heterocycles. The number of rotatable bonds is 30. The maximum Gasteiger partial charge on any atom is 0.472 e. The van der Waals surface area contributed by atoms with E-state index < -0.39 is 51.8 Å². The number of hydrogen-bond donors (Lipinski definition) is 3. The topological polar surface area (TPSA) is 149 Å². The normalized spacial score (nSPS) is 14.5. The first-order valence-corrected chi connectivity index (χ1v) is 17.6. The van der Waals surface area contributed by atoms with Crippen molar-refractivity contribution in [3.05, 3.63) is 12.2 Å². The molecule has 0 heterocycles. The summed E-state index contributed by atoms with van der Waals surface area (Å²) in [4.78, 5) is 34.4. The van der Waals surface area contributed by atoms with Gasteiger partial charge in [0.15, 0.2) is 6.10 Å². The zero-order valence-corrected chi connectivity index (χ0v) is 27.1. The molecule has 0 radical (unpaired) electrons. The van der Waals surface area contributed by atoms with Gasteiger partial charge in [0.05, 0.1) is 19.8 Å². The molecular weight excluding hydrogens is 563 g/mol. The summed E-state index contributed by atoms with van der Waals surface area (Å²) in [6, 6.07) is 0. The van der Waals surface area contributed by atoms with Crippen molar-refractivity contribution in [2.75, 3.05) is 26.4 Å². The summed E-state index contributed by atoms with van der Waals surface area (Å²) in [6.07, 6.45) is 20.7. The lowest BCUT2D eigenvalue weighted by Gasteiger charge is -2.20. The van der Waals surface area contributed by atoms with Gasteiger partial charge in [-0.2, -0.15) is 0 Å². The highest BCUT2D eigenvalue weighted by Gasteiger charge is 2.27. The second-order valence-electron chi connectivity index (χ2n) is 10.8. The minimum atomic E-state index is -4.60. The van der Waals surface area contributed by atoms with E-state index in [1.807, 2.05) is 0 Å². The summed E-state index contributed by atoms with van der Waals surface area (Å²) in [5, 5.41) is 18.2. The molecule has 0 aromatic carbocycles. The average molecular weight is 623 g/mol. The summed E-state index contributed by atoms with van der Waals surface area (Å²) in [5.41, 5.74) is 0. The molecule has 10 nitrogen and oxygen atoms in total. The Balaban J connectivity index is 4.46. The first-order valence-electron chi connectivity index (χ1n) is 16.1. The van der Waals surface area contributed by atoms with Gasteiger partial charge in [-0.05, 0) is 38.5 Å². The van der Waals surface area contributed by atoms with Crippen molar-refractivity contribution >= 4 is 19.8 Å². The zero-order chi connectivity index (χ0) is 31.3. The third-order valence-electron chi connectivity index (χ3n) is 6.67. The molecule has 11 heteroatoms. The highest BCUT2D eigenvalue weighted by Crippen LogP contribution is 2.43. The number of unbranched alkanes of at least 4 members (excludes halogenated alkanes) is 14. The Morgan fingerprint density at radius 1 is 0.690 bits per heavy atom. The van der Waals surface area contributed by atoms with Gasteiger partial charge in [0.25, 0.3) is 0 Å². The fraction of sp³-hybridized carbons (Fsp3) is 0.871. The van der Waals surface area contributed by atoms with Crippen LogP contribution < -0.4 is 0 Å². The molecule has 3 N–H and O–H groups in total. The van der Waals surface area contributed by atoms with E-state index in [-0.39, 0.29) is 19.4 Å². The average Bonchev–Trinajstić information content (AvgIpc) is 2.97. The molecule has 248 valence electrons. The van der Waals surface area contributed by atoms with Crippen molar-refractivity contribution in [2.45, 2.75) is 148 Å². The van der Waals surface area contributed by atoms with Gasteiger partial charge in [0.2, 0.25) is 0 Å². The Hall–Kier alpha value is -1.29. The number of carbonyl (C=O) groups excluding carboxylic acids is 2. The van der Waals surface area contributed by atoms with Crippen LogP contribution in [0.15, 0.2) is 12.2 Å². The Morgan fingerprint density at radius 2 is 1.17 bits per heavy atom. The van der Waals surface area contributed by atoms with E-state index in [0.29, 0.717) is 12.8 Å². The number of aliphatic hydroxyl groups is 2. The van der Waals surface area contributed by atoms with Crippen molar-refractivity contribution in [2.24, 2.45) is 0 Å². The molecule has 0 aromatic heterocycles. The molecule has 42 heavy (non-hydrogen) atoms. The fourth-order valence-electron chi connectivity index (χ4n) is 4.10. The fourth-order valence-corrected chi connectivity index (χ4v) is 4.89. The van der Waals surface area contributed by atoms with Crippen molar-refractivity contribution < 1.29 is 47.8 Å². The second kappa shape index (κ2) is 28.5. The number of aliphatic hydroxyl groups excluding tert-OH is 2. The SMILES string of the molecule is CCCCC/C=C\CCCCCCCC(=O)OC(COC(=O)CCCCCCCCC)COP(=O)(O)OCC(O)CO. The smallest absolute Gasteiger partial charge is 0.462 e. The third kappa shape index (κ3) is 27.5. The first-order chi connectivity index (χ1) is 20.2. The maximum atomic E-state index is 12.4. The Kier molecular flexibility index (Phi) is 27.6. The lowest BCUT2D eigenvalue weighted by molar-refractivity contribution is -0.161. The maximum absolute atomic E-state index is 12.4. The summed E-state index contributed by atoms with van der Waals surface area (Å²) in [7, 11) is -4.60. The summed E-state index contributed by atoms with van der Waals surface area (Å²) < 4.78 is 32.3. The monoisotopic (exact) mass is 622 g/mol. The molecule has 0 saturated carbocycles. The van der Waals surface area contributed by atoms with Crippen LogP contribution in [0.5, 0.6) is 0 Å². The molecule has 0 rings (SSSR count). The quantitative estimate of drug-likeness (QED) is 0.0333. The molecular formula is C31H59O10P. The zero-order valence-electron chi connectivity index (χ0n) is 26.2. The van der Waals surface area contributed by atoms with E-state index in [1.165, 1.54) is 38.5 Å². The van der Waals surface area contributed by atoms with Crippen LogP contribution in [0.1, 0.15) is 136 Å². The highest BCUT2D eigenvalue weighted by molar-refractivity contribution is 7.47. The third-order valence-corrected chi connectivity index (χ3v) is 7.62. The molecule has 0 aliphatic carbocycles. The van der Waals surface area contributed by atoms with Crippen molar-refractivity contribution in [3.63, 3.8) is 0 Å². The van der Waals surface area contributed by atoms with Crippen LogP contribution in [0.25, 0.3) is 0 Å². The predicted octanol–water partition coefficient (Wildman–Crippen LogP) is 6.94. The van der Waals surface area contributed by atoms with Crippen LogP contribution in [0.4, 0.5) is 0 Å². The van der Waals surface area contributed by atoms with E-state index in [4.69, 9.17) is 19.1 Å². The summed E-state index contributed by atoms with van der Waals surface area (Å²) in [6.45, 7) is 2.26. The highest BCUT2D eigenvalue weighted by atomic mass is 31.2. The van der Waals surface area contributed by atoms with E-state index in [1.54, 1.807) is 0 Å². The molecule has 0 aliphatic rings. The molecule has 0 spiro atoms. The van der Waals surface area contributed by atoms with Crippen LogP contribution in [0.2, 0.25) is 0 Å². The van der Waals surface area contributed by atoms with Gasteiger partial charge in [-0.3, -0.25) is 18.6 Å². The molecule has 0 aromatic rings. The molecule has 0 fully saturated rings. The Labute approximate surface area is 254 Å². The number of phosphoric acid groups is 1. The van der Waals surface area contributed by atoms with Gasteiger partial charge >= 0.3 is 19.8 Å². The van der Waals surface area contributed by atoms with Crippen LogP contribution in [-0.2, 0) is 32.7 Å². The second-order valence-corrected chi connectivity index (χ2v) is 12.3. The standard InChI is InChI=1S/C31H59O10P/c1-3-5-7-9-11-12-13-14-15-17-19-21-23-31(35)41-29(27-40-42(36,37)39-25-28(33)24-32)26-38-30(34)22-20-18-16-10-8-6-4-2/h11-12,28-29,32-33H,3-10,13-27H2,1-2H3,(H,36,37)/b12-11-. The van der Waals surface area contributed by atoms with Crippen molar-refractivity contribution in [1.29, 1.82) is 0 Å². The van der Waals surface area contributed by atoms with E-state index in [2.05, 4.69) is 30.5 Å². The summed E-state index contributed by atoms with van der Waals surface area (Å²) >= 11 is 0. The van der Waals surface area contributed by atoms with Gasteiger partial charge in [-0.15, -0.1) is 0 Å². The largest absolute Gasteiger partial charge is 0.472 e. The van der Waals surface area contributed by atoms with Gasteiger partial charge < -0.3 is 24.6 Å². The van der Waals surface area contributed by atoms with Crippen LogP contribution in [0, 0.1) is 0 Å². The van der Waals surface area contributed by atoms with E-state index >= 15 is 0 Å². The number of esters is 2. The number of phosphoric ester groups is 1. The predicted molar refractivity (Wildman–Crippen MR) is 164 cm³/mol. The number of hydrogen-bond acceptors (Lipinski definition) is 9. The number of allylic oxidation sites excluding steroid dienone is 2. The van der Waals surface area contributed by atoms with Crippen LogP contribution in [-0.4, -0.2) is 65.7 Å². The summed E-state index contributed by atoms with van der Waals surface area (Å²) in [5.74, 6) is -0.943. The van der Waals surface area contributed by atoms with Crippen molar-refractivity contribution in [1.82, 2.24) is 0 Å². The minimum Gasteiger partial charge on any atom is -0.462 e. The number of ether oxygens (including phenoxy) is 2. The lowest BCUT2D eigenvalue weighted by Crippen LogP contribution is -2.29. The molecule has 3 atom stereocenters. The molecule has 0 bridgehead atoms. The lowest BCUT2D eigenvalue weighted by atomic mass is 10.1. The van der Waals surface area contributed by atoms with Gasteiger partial charge in [0.1, 0.15) is 12.7 Å². The van der Waals surface area contributed by atoms with Crippen molar-refractivity contribution in [3.8, 4) is 0 Å². The van der Waals surface area contributed by atoms with Gasteiger partial charge in [-0.25, -0.2) is 4.57 Å². The van der Waals surface area contributed by atoms with E-state index in [0.717, 1.165) is 57.8 Å². The van der Waals surface area contributed by atoms with E-state index in [9.17, 15) is 24.2 Å². The van der Waals surface area contributed by atoms with Crippen LogP contribution in [0.3, 0.4) is 0 Å². The Bertz CT molecular complexity index is 731. The van der Waals surface area contributed by atoms with Gasteiger partial charge in [-0.1, -0.05) is 96.6 Å². The number of carbonyl (C=O) groups is 2. The minimum absolute atomic E-state index is 0.176. The van der Waals surface area contributed by atoms with Crippen LogP contribution >= 0.6 is 7.82 Å². The molecule has 0 amide bonds.